The number of likely N-dealkylation sites (tertiary alicyclic amines) is 3. The summed E-state index contributed by atoms with van der Waals surface area (Å²) in [7, 11) is 0. The third-order valence-corrected chi connectivity index (χ3v) is 6.87. The summed E-state index contributed by atoms with van der Waals surface area (Å²) in [4.78, 5) is 32.7. The van der Waals surface area contributed by atoms with E-state index in [4.69, 9.17) is 4.74 Å². The van der Waals surface area contributed by atoms with Crippen molar-refractivity contribution >= 4 is 11.8 Å². The number of hydrogen-bond donors (Lipinski definition) is 0. The quantitative estimate of drug-likeness (QED) is 0.734. The van der Waals surface area contributed by atoms with Crippen molar-refractivity contribution in [1.82, 2.24) is 14.7 Å². The Kier molecular flexibility index (Phi) is 5.93. The van der Waals surface area contributed by atoms with Gasteiger partial charge in [-0.15, -0.1) is 0 Å². The van der Waals surface area contributed by atoms with E-state index in [1.165, 1.54) is 0 Å². The zero-order valence-corrected chi connectivity index (χ0v) is 17.7. The fraction of sp³-hybridized carbons (Fsp3) is 0.652. The molecule has 0 spiro atoms. The van der Waals surface area contributed by atoms with Crippen LogP contribution in [0.15, 0.2) is 30.3 Å². The maximum atomic E-state index is 13.5. The summed E-state index contributed by atoms with van der Waals surface area (Å²) < 4.78 is 5.67. The Bertz CT molecular complexity index is 732. The van der Waals surface area contributed by atoms with E-state index in [0.717, 1.165) is 44.6 Å². The molecular weight excluding hydrogens is 366 g/mol. The van der Waals surface area contributed by atoms with E-state index in [9.17, 15) is 9.59 Å². The highest BCUT2D eigenvalue weighted by molar-refractivity contribution is 5.87. The molecule has 6 nitrogen and oxygen atoms in total. The second-order valence-corrected chi connectivity index (χ2v) is 9.13. The van der Waals surface area contributed by atoms with Gasteiger partial charge in [0, 0.05) is 51.2 Å². The molecule has 3 saturated heterocycles. The Labute approximate surface area is 173 Å². The molecule has 29 heavy (non-hydrogen) atoms. The van der Waals surface area contributed by atoms with Crippen LogP contribution in [0.2, 0.25) is 0 Å². The molecule has 2 amide bonds. The van der Waals surface area contributed by atoms with Gasteiger partial charge in [-0.05, 0) is 32.3 Å². The van der Waals surface area contributed by atoms with E-state index in [0.29, 0.717) is 25.7 Å². The van der Waals surface area contributed by atoms with Gasteiger partial charge in [-0.2, -0.15) is 0 Å². The predicted octanol–water partition coefficient (Wildman–Crippen LogP) is 1.99. The van der Waals surface area contributed by atoms with Crippen molar-refractivity contribution in [3.05, 3.63) is 35.9 Å². The first kappa shape index (κ1) is 20.4. The lowest BCUT2D eigenvalue weighted by atomic mass is 9.79. The van der Waals surface area contributed by atoms with Crippen LogP contribution in [0.25, 0.3) is 0 Å². The minimum atomic E-state index is -0.441. The van der Waals surface area contributed by atoms with Crippen molar-refractivity contribution < 1.29 is 14.3 Å². The lowest BCUT2D eigenvalue weighted by Crippen LogP contribution is -2.49. The maximum Gasteiger partial charge on any atom is 0.248 e. The average Bonchev–Trinajstić information content (AvgIpc) is 3.43. The van der Waals surface area contributed by atoms with E-state index in [1.54, 1.807) is 0 Å². The summed E-state index contributed by atoms with van der Waals surface area (Å²) in [5, 5.41) is 0. The zero-order valence-electron chi connectivity index (χ0n) is 17.7. The number of amides is 2. The monoisotopic (exact) mass is 399 g/mol. The second kappa shape index (κ2) is 8.44. The predicted molar refractivity (Wildman–Crippen MR) is 111 cm³/mol. The average molecular weight is 400 g/mol. The highest BCUT2D eigenvalue weighted by atomic mass is 16.5. The lowest BCUT2D eigenvalue weighted by molar-refractivity contribution is -0.142. The number of nitrogens with zero attached hydrogens (tertiary/aromatic N) is 3. The molecule has 0 N–H and O–H groups in total. The SMILES string of the molecule is CC(C)N1C[C@H]2CN(C(=O)COCc3ccccc3)C[C@@]2(C(=O)N2CCCC2)C1. The molecule has 4 rings (SSSR count). The normalized spacial score (nSPS) is 27.1. The number of benzene rings is 1. The molecule has 1 aromatic carbocycles. The molecule has 6 heteroatoms. The molecule has 3 fully saturated rings. The van der Waals surface area contributed by atoms with Crippen molar-refractivity contribution in [2.24, 2.45) is 11.3 Å². The van der Waals surface area contributed by atoms with Gasteiger partial charge in [-0.3, -0.25) is 14.5 Å². The van der Waals surface area contributed by atoms with E-state index >= 15 is 0 Å². The fourth-order valence-electron chi connectivity index (χ4n) is 5.15. The molecule has 0 saturated carbocycles. The van der Waals surface area contributed by atoms with Crippen LogP contribution in [0, 0.1) is 11.3 Å². The summed E-state index contributed by atoms with van der Waals surface area (Å²) in [6, 6.07) is 10.3. The van der Waals surface area contributed by atoms with Gasteiger partial charge in [0.2, 0.25) is 11.8 Å². The van der Waals surface area contributed by atoms with E-state index < -0.39 is 5.41 Å². The van der Waals surface area contributed by atoms with Crippen molar-refractivity contribution in [1.29, 1.82) is 0 Å². The summed E-state index contributed by atoms with van der Waals surface area (Å²) in [6.45, 7) is 9.47. The van der Waals surface area contributed by atoms with Gasteiger partial charge in [0.15, 0.2) is 0 Å². The molecule has 2 atom stereocenters. The van der Waals surface area contributed by atoms with Gasteiger partial charge < -0.3 is 14.5 Å². The number of carbonyl (C=O) groups is 2. The number of hydrogen-bond acceptors (Lipinski definition) is 4. The van der Waals surface area contributed by atoms with Crippen LogP contribution in [0.1, 0.15) is 32.3 Å². The third-order valence-electron chi connectivity index (χ3n) is 6.87. The topological polar surface area (TPSA) is 53.1 Å². The fourth-order valence-corrected chi connectivity index (χ4v) is 5.15. The minimum absolute atomic E-state index is 0.0000231. The lowest BCUT2D eigenvalue weighted by Gasteiger charge is -2.33. The molecule has 3 aliphatic heterocycles. The van der Waals surface area contributed by atoms with Crippen molar-refractivity contribution in [2.45, 2.75) is 39.3 Å². The standard InChI is InChI=1S/C23H33N3O3/c1-18(2)25-12-20-13-26(21(27)15-29-14-19-8-4-3-5-9-19)17-23(20,16-25)22(28)24-10-6-7-11-24/h3-5,8-9,18,20H,6-7,10-17H2,1-2H3/t20-,23-/m0/s1. The summed E-state index contributed by atoms with van der Waals surface area (Å²) in [5.41, 5.74) is 0.621. The number of fused-ring (bicyclic) bond motifs is 1. The second-order valence-electron chi connectivity index (χ2n) is 9.13. The van der Waals surface area contributed by atoms with Crippen LogP contribution in [0.3, 0.4) is 0 Å². The van der Waals surface area contributed by atoms with E-state index in [2.05, 4.69) is 18.7 Å². The largest absolute Gasteiger partial charge is 0.367 e. The van der Waals surface area contributed by atoms with Crippen LogP contribution in [-0.2, 0) is 20.9 Å². The first-order valence-electron chi connectivity index (χ1n) is 10.9. The highest BCUT2D eigenvalue weighted by Gasteiger charge is 2.59. The van der Waals surface area contributed by atoms with Gasteiger partial charge in [-0.1, -0.05) is 30.3 Å². The van der Waals surface area contributed by atoms with Crippen LogP contribution < -0.4 is 0 Å². The molecule has 3 heterocycles. The van der Waals surface area contributed by atoms with Gasteiger partial charge in [0.1, 0.15) is 6.61 Å². The van der Waals surface area contributed by atoms with Crippen molar-refractivity contribution in [3.8, 4) is 0 Å². The van der Waals surface area contributed by atoms with Crippen LogP contribution in [0.4, 0.5) is 0 Å². The van der Waals surface area contributed by atoms with Gasteiger partial charge >= 0.3 is 0 Å². The Hall–Kier alpha value is -1.92. The number of rotatable bonds is 6. The molecular formula is C23H33N3O3. The van der Waals surface area contributed by atoms with E-state index in [-0.39, 0.29) is 24.3 Å². The first-order valence-corrected chi connectivity index (χ1v) is 10.9. The van der Waals surface area contributed by atoms with Crippen LogP contribution in [0.5, 0.6) is 0 Å². The first-order chi connectivity index (χ1) is 14.0. The molecule has 158 valence electrons. The van der Waals surface area contributed by atoms with Crippen molar-refractivity contribution in [3.63, 3.8) is 0 Å². The van der Waals surface area contributed by atoms with Gasteiger partial charge in [0.05, 0.1) is 12.0 Å². The summed E-state index contributed by atoms with van der Waals surface area (Å²) in [5.74, 6) is 0.486. The zero-order chi connectivity index (χ0) is 20.4. The van der Waals surface area contributed by atoms with Crippen LogP contribution >= 0.6 is 0 Å². The molecule has 3 aliphatic rings. The number of carbonyl (C=O) groups excluding carboxylic acids is 2. The Morgan fingerprint density at radius 2 is 1.79 bits per heavy atom. The molecule has 0 aliphatic carbocycles. The smallest absolute Gasteiger partial charge is 0.248 e. The maximum absolute atomic E-state index is 13.5. The Morgan fingerprint density at radius 3 is 2.48 bits per heavy atom. The third kappa shape index (κ3) is 4.05. The molecule has 1 aromatic rings. The van der Waals surface area contributed by atoms with Crippen LogP contribution in [-0.4, -0.2) is 78.4 Å². The minimum Gasteiger partial charge on any atom is -0.367 e. The summed E-state index contributed by atoms with van der Waals surface area (Å²) in [6.07, 6.45) is 2.19. The molecule has 0 radical (unpaired) electrons. The number of ether oxygens (including phenoxy) is 1. The van der Waals surface area contributed by atoms with E-state index in [1.807, 2.05) is 40.1 Å². The van der Waals surface area contributed by atoms with Gasteiger partial charge in [-0.25, -0.2) is 0 Å². The highest BCUT2D eigenvalue weighted by Crippen LogP contribution is 2.45. The van der Waals surface area contributed by atoms with Gasteiger partial charge in [0.25, 0.3) is 0 Å². The summed E-state index contributed by atoms with van der Waals surface area (Å²) >= 11 is 0. The Balaban J connectivity index is 1.41. The van der Waals surface area contributed by atoms with Crippen molar-refractivity contribution in [2.75, 3.05) is 45.9 Å². The molecule has 0 unspecified atom stereocenters. The molecule has 0 bridgehead atoms. The Morgan fingerprint density at radius 1 is 1.07 bits per heavy atom. The molecule has 0 aromatic heterocycles.